The fourth-order valence-electron chi connectivity index (χ4n) is 4.13. The van der Waals surface area contributed by atoms with E-state index in [9.17, 15) is 14.3 Å². The van der Waals surface area contributed by atoms with Crippen molar-refractivity contribution in [2.45, 2.75) is 103 Å². The Kier molecular flexibility index (Phi) is 7.63. The third kappa shape index (κ3) is 7.24. The molecule has 1 atom stereocenters. The van der Waals surface area contributed by atoms with Crippen molar-refractivity contribution in [1.82, 2.24) is 10.3 Å². The molecule has 6 nitrogen and oxygen atoms in total. The fraction of sp³-hybridized carbons (Fsp3) is 0.600. The van der Waals surface area contributed by atoms with Crippen LogP contribution >= 0.6 is 0 Å². The molecule has 1 amide bonds. The van der Waals surface area contributed by atoms with Gasteiger partial charge in [-0.05, 0) is 102 Å². The van der Waals surface area contributed by atoms with Crippen molar-refractivity contribution in [3.05, 3.63) is 53.2 Å². The van der Waals surface area contributed by atoms with Crippen molar-refractivity contribution >= 4 is 14.4 Å². The number of pyridine rings is 1. The third-order valence-corrected chi connectivity index (χ3v) is 12.0. The minimum Gasteiger partial charge on any atom is -0.444 e. The summed E-state index contributed by atoms with van der Waals surface area (Å²) in [5.74, 6) is -1.84. The van der Waals surface area contributed by atoms with Crippen molar-refractivity contribution in [2.24, 2.45) is 5.92 Å². The average Bonchev–Trinajstić information content (AvgIpc) is 3.61. The highest BCUT2D eigenvalue weighted by molar-refractivity contribution is 6.74. The molecule has 2 aromatic rings. The summed E-state index contributed by atoms with van der Waals surface area (Å²) in [6.07, 6.45) is -0.115. The molecule has 39 heavy (non-hydrogen) atoms. The van der Waals surface area contributed by atoms with Gasteiger partial charge in [0.05, 0.1) is 20.5 Å². The Labute approximate surface area is 235 Å². The van der Waals surface area contributed by atoms with E-state index in [-0.39, 0.29) is 27.6 Å². The van der Waals surface area contributed by atoms with E-state index >= 15 is 4.39 Å². The number of ether oxygens (including phenoxy) is 1. The number of nitrogens with one attached hydrogen (secondary N) is 1. The number of alkyl carbamates (subject to hydrolysis) is 1. The van der Waals surface area contributed by atoms with Crippen molar-refractivity contribution < 1.29 is 30.6 Å². The molecule has 1 heterocycles. The van der Waals surface area contributed by atoms with Gasteiger partial charge in [-0.1, -0.05) is 20.8 Å². The highest BCUT2D eigenvalue weighted by atomic mass is 28.4. The second-order valence-corrected chi connectivity index (χ2v) is 18.1. The van der Waals surface area contributed by atoms with Crippen molar-refractivity contribution in [2.75, 3.05) is 6.50 Å². The predicted molar refractivity (Wildman–Crippen MR) is 152 cm³/mol. The molecule has 0 radical (unpaired) electrons. The number of halogens is 2. The van der Waals surface area contributed by atoms with Crippen LogP contribution in [-0.2, 0) is 20.4 Å². The molecule has 1 aromatic carbocycles. The van der Waals surface area contributed by atoms with E-state index in [0.29, 0.717) is 12.8 Å². The maximum Gasteiger partial charge on any atom is 0.407 e. The molecule has 216 valence electrons. The van der Waals surface area contributed by atoms with Crippen LogP contribution in [0, 0.1) is 17.6 Å². The smallest absolute Gasteiger partial charge is 0.407 e. The van der Waals surface area contributed by atoms with E-state index in [1.165, 1.54) is 30.3 Å². The molecular weight excluding hydrogens is 518 g/mol. The number of hydrogen-bond donors (Lipinski definition) is 2. The molecule has 2 N–H and O–H groups in total. The normalized spacial score (nSPS) is 17.7. The maximum absolute atomic E-state index is 16.4. The zero-order valence-corrected chi connectivity index (χ0v) is 25.8. The van der Waals surface area contributed by atoms with Crippen LogP contribution in [0.5, 0.6) is 0 Å². The molecule has 1 aromatic heterocycles. The van der Waals surface area contributed by atoms with Crippen molar-refractivity contribution in [1.29, 1.82) is 0 Å². The van der Waals surface area contributed by atoms with Crippen LogP contribution in [0.1, 0.15) is 82.2 Å². The number of amides is 1. The summed E-state index contributed by atoms with van der Waals surface area (Å²) < 4.78 is 59.8. The van der Waals surface area contributed by atoms with Crippen LogP contribution in [-0.4, -0.2) is 36.6 Å². The van der Waals surface area contributed by atoms with Crippen LogP contribution in [0.25, 0.3) is 11.3 Å². The van der Waals surface area contributed by atoms with Crippen LogP contribution in [0.4, 0.5) is 13.6 Å². The second-order valence-electron chi connectivity index (χ2n) is 13.4. The number of carbonyl (C=O) groups excluding carboxylic acids is 1. The topological polar surface area (TPSA) is 80.7 Å². The molecule has 0 saturated heterocycles. The zero-order chi connectivity index (χ0) is 31.4. The number of nitrogens with zero attached hydrogens (tertiary/aromatic N) is 1. The predicted octanol–water partition coefficient (Wildman–Crippen LogP) is 7.41. The van der Waals surface area contributed by atoms with Gasteiger partial charge in [-0.25, -0.2) is 18.6 Å². The lowest BCUT2D eigenvalue weighted by Crippen LogP contribution is -2.47. The molecule has 9 heteroatoms. The molecule has 1 saturated carbocycles. The summed E-state index contributed by atoms with van der Waals surface area (Å²) in [5, 5.41) is 14.1. The van der Waals surface area contributed by atoms with Crippen molar-refractivity contribution in [3.8, 4) is 11.3 Å². The first-order valence-corrected chi connectivity index (χ1v) is 16.2. The van der Waals surface area contributed by atoms with E-state index in [4.69, 9.17) is 11.9 Å². The molecule has 1 aliphatic carbocycles. The van der Waals surface area contributed by atoms with Gasteiger partial charge in [0.1, 0.15) is 22.7 Å². The van der Waals surface area contributed by atoms with Crippen LogP contribution in [0.2, 0.25) is 18.1 Å². The Morgan fingerprint density at radius 1 is 1.10 bits per heavy atom. The molecule has 0 bridgehead atoms. The highest BCUT2D eigenvalue weighted by Gasteiger charge is 2.49. The summed E-state index contributed by atoms with van der Waals surface area (Å²) in [6, 6.07) is 6.44. The van der Waals surface area contributed by atoms with E-state index in [0.717, 1.165) is 0 Å². The zero-order valence-electron chi connectivity index (χ0n) is 26.8. The first kappa shape index (κ1) is 28.2. The van der Waals surface area contributed by atoms with Gasteiger partial charge in [0.25, 0.3) is 0 Å². The first-order chi connectivity index (χ1) is 18.4. The van der Waals surface area contributed by atoms with E-state index in [1.807, 2.05) is 13.1 Å². The summed E-state index contributed by atoms with van der Waals surface area (Å²) in [4.78, 5) is 17.1. The standard InChI is InChI=1S/C30H44F2N2O4Si/c1-27(2,3)37-26(35)33-18-30(36,20-13-14-20)23-17-22(29(7,8)38-39(9,10)28(4,5)6)24(32)25(34-23)19-11-15-21(31)16-12-19/h11-12,15-17,20,36H,13-14,18H2,1-10H3,(H,33,35)/i18D2. The number of benzene rings is 1. The van der Waals surface area contributed by atoms with Crippen LogP contribution in [0.3, 0.4) is 0 Å². The Bertz CT molecular complexity index is 1290. The third-order valence-electron chi connectivity index (χ3n) is 7.35. The Morgan fingerprint density at radius 2 is 1.67 bits per heavy atom. The lowest BCUT2D eigenvalue weighted by Gasteiger charge is -2.43. The Balaban J connectivity index is 2.26. The first-order valence-electron chi connectivity index (χ1n) is 14.3. The van der Waals surface area contributed by atoms with Gasteiger partial charge in [-0.2, -0.15) is 0 Å². The van der Waals surface area contributed by atoms with E-state index in [2.05, 4.69) is 31.1 Å². The lowest BCUT2D eigenvalue weighted by molar-refractivity contribution is 0.00120. The van der Waals surface area contributed by atoms with Crippen LogP contribution < -0.4 is 5.32 Å². The SMILES string of the molecule is [2H]C([2H])(NC(=O)OC(C)(C)C)C(O)(c1cc(C(C)(C)O[Si](C)(C)C(C)(C)C)c(F)c(-c2ccc(F)cc2)n1)C1CC1. The minimum absolute atomic E-state index is 0.0683. The quantitative estimate of drug-likeness (QED) is 0.327. The van der Waals surface area contributed by atoms with E-state index < -0.39 is 55.3 Å². The second kappa shape index (κ2) is 10.6. The monoisotopic (exact) mass is 564 g/mol. The minimum atomic E-state index is -2.75. The van der Waals surface area contributed by atoms with Gasteiger partial charge < -0.3 is 19.6 Å². The summed E-state index contributed by atoms with van der Waals surface area (Å²) in [5.41, 5.74) is -4.49. The molecule has 0 spiro atoms. The Morgan fingerprint density at radius 3 is 2.15 bits per heavy atom. The molecule has 1 aliphatic rings. The lowest BCUT2D eigenvalue weighted by atomic mass is 9.88. The number of carbonyl (C=O) groups is 1. The number of hydrogen-bond acceptors (Lipinski definition) is 5. The van der Waals surface area contributed by atoms with Gasteiger partial charge in [0.2, 0.25) is 0 Å². The summed E-state index contributed by atoms with van der Waals surface area (Å²) in [7, 11) is -2.45. The van der Waals surface area contributed by atoms with Gasteiger partial charge in [0, 0.05) is 11.1 Å². The van der Waals surface area contributed by atoms with Gasteiger partial charge in [-0.15, -0.1) is 0 Å². The summed E-state index contributed by atoms with van der Waals surface area (Å²) in [6.45, 7) is 15.9. The fourth-order valence-corrected chi connectivity index (χ4v) is 5.83. The Hall–Kier alpha value is -2.36. The number of aliphatic hydroxyl groups is 1. The largest absolute Gasteiger partial charge is 0.444 e. The number of aromatic nitrogens is 1. The molecule has 0 aliphatic heterocycles. The molecular formula is C30H44F2N2O4Si. The van der Waals surface area contributed by atoms with E-state index in [1.54, 1.807) is 34.6 Å². The number of rotatable bonds is 8. The van der Waals surface area contributed by atoms with Gasteiger partial charge in [0.15, 0.2) is 14.1 Å². The van der Waals surface area contributed by atoms with Gasteiger partial charge in [-0.3, -0.25) is 0 Å². The van der Waals surface area contributed by atoms with Crippen molar-refractivity contribution in [3.63, 3.8) is 0 Å². The highest BCUT2D eigenvalue weighted by Crippen LogP contribution is 2.48. The average molecular weight is 565 g/mol. The van der Waals surface area contributed by atoms with Crippen LogP contribution in [0.15, 0.2) is 30.3 Å². The maximum atomic E-state index is 16.4. The summed E-state index contributed by atoms with van der Waals surface area (Å²) >= 11 is 0. The van der Waals surface area contributed by atoms with Gasteiger partial charge >= 0.3 is 6.09 Å². The molecule has 3 rings (SSSR count). The molecule has 1 fully saturated rings. The molecule has 1 unspecified atom stereocenters.